The van der Waals surface area contributed by atoms with E-state index >= 15 is 0 Å². The number of hydrogen-bond donors (Lipinski definition) is 3. The third-order valence-corrected chi connectivity index (χ3v) is 2.97. The Morgan fingerprint density at radius 2 is 2.12 bits per heavy atom. The molecule has 6 heteroatoms. The lowest BCUT2D eigenvalue weighted by molar-refractivity contribution is -0.139. The first-order valence-electron chi connectivity index (χ1n) is 4.50. The Morgan fingerprint density at radius 1 is 1.50 bits per heavy atom. The quantitative estimate of drug-likeness (QED) is 0.727. The number of likely N-dealkylation sites (N-methyl/N-ethyl adjacent to an activating group) is 1. The minimum absolute atomic E-state index is 0.00829. The van der Waals surface area contributed by atoms with Crippen LogP contribution in [0.1, 0.15) is 10.9 Å². The van der Waals surface area contributed by atoms with Gasteiger partial charge in [0, 0.05) is 5.02 Å². The molecular weight excluding hydrogens is 253 g/mol. The summed E-state index contributed by atoms with van der Waals surface area (Å²) >= 11 is 11.9. The van der Waals surface area contributed by atoms with Crippen molar-refractivity contribution in [1.82, 2.24) is 5.32 Å². The van der Waals surface area contributed by atoms with Crippen LogP contribution in [0.25, 0.3) is 0 Å². The molecule has 0 aliphatic carbocycles. The Bertz CT molecular complexity index is 398. The van der Waals surface area contributed by atoms with Gasteiger partial charge in [0.1, 0.15) is 11.8 Å². The summed E-state index contributed by atoms with van der Waals surface area (Å²) in [4.78, 5) is 10.9. The van der Waals surface area contributed by atoms with Gasteiger partial charge in [0.15, 0.2) is 0 Å². The third-order valence-electron chi connectivity index (χ3n) is 2.15. The minimum atomic E-state index is -1.06. The average Bonchev–Trinajstić information content (AvgIpc) is 2.17. The number of carboxylic acid groups (broad SMARTS) is 1. The first kappa shape index (κ1) is 13.1. The molecule has 0 aliphatic heterocycles. The lowest BCUT2D eigenvalue weighted by atomic mass is 10.1. The van der Waals surface area contributed by atoms with Gasteiger partial charge in [-0.25, -0.2) is 0 Å². The zero-order valence-corrected chi connectivity index (χ0v) is 9.96. The number of phenols is 1. The van der Waals surface area contributed by atoms with Gasteiger partial charge in [0.05, 0.1) is 5.38 Å². The van der Waals surface area contributed by atoms with Crippen LogP contribution < -0.4 is 5.32 Å². The van der Waals surface area contributed by atoms with E-state index in [9.17, 15) is 4.79 Å². The van der Waals surface area contributed by atoms with E-state index in [0.29, 0.717) is 5.56 Å². The molecule has 2 atom stereocenters. The largest absolute Gasteiger partial charge is 0.508 e. The molecule has 4 nitrogen and oxygen atoms in total. The van der Waals surface area contributed by atoms with Crippen molar-refractivity contribution in [1.29, 1.82) is 0 Å². The van der Waals surface area contributed by atoms with Crippen molar-refractivity contribution in [3.8, 4) is 5.75 Å². The van der Waals surface area contributed by atoms with Gasteiger partial charge in [-0.3, -0.25) is 4.79 Å². The van der Waals surface area contributed by atoms with E-state index < -0.39 is 17.4 Å². The molecule has 0 spiro atoms. The van der Waals surface area contributed by atoms with Gasteiger partial charge in [-0.1, -0.05) is 17.7 Å². The highest BCUT2D eigenvalue weighted by Crippen LogP contribution is 2.32. The normalized spacial score (nSPS) is 14.4. The summed E-state index contributed by atoms with van der Waals surface area (Å²) in [5.41, 5.74) is 0.461. The molecule has 0 aliphatic rings. The molecule has 0 fully saturated rings. The van der Waals surface area contributed by atoms with Crippen LogP contribution >= 0.6 is 23.2 Å². The SMILES string of the molecule is CN[C@H](C(=O)O)C(Cl)c1ccc(O)cc1Cl. The molecule has 0 saturated heterocycles. The lowest BCUT2D eigenvalue weighted by Crippen LogP contribution is -2.37. The van der Waals surface area contributed by atoms with Crippen LogP contribution in [0.2, 0.25) is 5.02 Å². The summed E-state index contributed by atoms with van der Waals surface area (Å²) in [6.45, 7) is 0. The molecular formula is C10H11Cl2NO3. The van der Waals surface area contributed by atoms with E-state index in [-0.39, 0.29) is 10.8 Å². The maximum atomic E-state index is 10.9. The van der Waals surface area contributed by atoms with Crippen LogP contribution in [0, 0.1) is 0 Å². The van der Waals surface area contributed by atoms with Crippen molar-refractivity contribution in [2.24, 2.45) is 0 Å². The number of rotatable bonds is 4. The predicted molar refractivity (Wildman–Crippen MR) is 62.2 cm³/mol. The fourth-order valence-corrected chi connectivity index (χ4v) is 2.09. The summed E-state index contributed by atoms with van der Waals surface area (Å²) in [5.74, 6) is -1.06. The molecule has 0 saturated carbocycles. The number of aromatic hydroxyl groups is 1. The summed E-state index contributed by atoms with van der Waals surface area (Å²) in [6.07, 6.45) is 0. The zero-order valence-electron chi connectivity index (χ0n) is 8.45. The van der Waals surface area contributed by atoms with Crippen molar-refractivity contribution >= 4 is 29.2 Å². The highest BCUT2D eigenvalue weighted by molar-refractivity contribution is 6.33. The van der Waals surface area contributed by atoms with E-state index in [4.69, 9.17) is 33.4 Å². The van der Waals surface area contributed by atoms with E-state index in [1.165, 1.54) is 25.2 Å². The Morgan fingerprint density at radius 3 is 2.56 bits per heavy atom. The molecule has 0 bridgehead atoms. The van der Waals surface area contributed by atoms with Crippen molar-refractivity contribution in [2.45, 2.75) is 11.4 Å². The Labute approximate surface area is 103 Å². The van der Waals surface area contributed by atoms with Crippen molar-refractivity contribution in [2.75, 3.05) is 7.05 Å². The second kappa shape index (κ2) is 5.39. The molecule has 1 aromatic rings. The molecule has 16 heavy (non-hydrogen) atoms. The molecule has 3 N–H and O–H groups in total. The second-order valence-electron chi connectivity index (χ2n) is 3.21. The highest BCUT2D eigenvalue weighted by Gasteiger charge is 2.27. The smallest absolute Gasteiger partial charge is 0.322 e. The topological polar surface area (TPSA) is 69.6 Å². The summed E-state index contributed by atoms with van der Waals surface area (Å²) in [7, 11) is 1.50. The number of hydrogen-bond acceptors (Lipinski definition) is 3. The minimum Gasteiger partial charge on any atom is -0.508 e. The van der Waals surface area contributed by atoms with Crippen molar-refractivity contribution in [3.63, 3.8) is 0 Å². The van der Waals surface area contributed by atoms with Crippen LogP contribution in [0.15, 0.2) is 18.2 Å². The van der Waals surface area contributed by atoms with Crippen LogP contribution in [0.3, 0.4) is 0 Å². The molecule has 0 amide bonds. The molecule has 1 rings (SSSR count). The van der Waals surface area contributed by atoms with Gasteiger partial charge in [-0.15, -0.1) is 11.6 Å². The van der Waals surface area contributed by atoms with E-state index in [0.717, 1.165) is 0 Å². The van der Waals surface area contributed by atoms with Crippen LogP contribution in [-0.2, 0) is 4.79 Å². The van der Waals surface area contributed by atoms with Crippen LogP contribution in [0.4, 0.5) is 0 Å². The van der Waals surface area contributed by atoms with E-state index in [1.54, 1.807) is 0 Å². The lowest BCUT2D eigenvalue weighted by Gasteiger charge is -2.18. The van der Waals surface area contributed by atoms with Crippen molar-refractivity contribution < 1.29 is 15.0 Å². The maximum Gasteiger partial charge on any atom is 0.322 e. The van der Waals surface area contributed by atoms with Gasteiger partial charge < -0.3 is 15.5 Å². The van der Waals surface area contributed by atoms with Crippen molar-refractivity contribution in [3.05, 3.63) is 28.8 Å². The van der Waals surface area contributed by atoms with Gasteiger partial charge in [0.2, 0.25) is 0 Å². The standard InChI is InChI=1S/C10H11Cl2NO3/c1-13-9(10(15)16)8(12)6-3-2-5(14)4-7(6)11/h2-4,8-9,13-14H,1H3,(H,15,16)/t8?,9-/m0/s1. The molecule has 0 radical (unpaired) electrons. The molecule has 1 unspecified atom stereocenters. The Kier molecular flexibility index (Phi) is 4.41. The van der Waals surface area contributed by atoms with E-state index in [1.807, 2.05) is 0 Å². The van der Waals surface area contributed by atoms with Gasteiger partial charge in [-0.2, -0.15) is 0 Å². The second-order valence-corrected chi connectivity index (χ2v) is 4.09. The van der Waals surface area contributed by atoms with Gasteiger partial charge in [0.25, 0.3) is 0 Å². The average molecular weight is 264 g/mol. The zero-order chi connectivity index (χ0) is 12.3. The maximum absolute atomic E-state index is 10.9. The predicted octanol–water partition coefficient (Wildman–Crippen LogP) is 2.00. The first-order chi connectivity index (χ1) is 7.47. The molecule has 0 aromatic heterocycles. The summed E-state index contributed by atoms with van der Waals surface area (Å²) < 4.78 is 0. The fourth-order valence-electron chi connectivity index (χ4n) is 1.31. The number of carbonyl (C=O) groups is 1. The summed E-state index contributed by atoms with van der Waals surface area (Å²) in [5, 5.41) is 20.1. The number of halogens is 2. The molecule has 1 aromatic carbocycles. The Balaban J connectivity index is 3.03. The fraction of sp³-hybridized carbons (Fsp3) is 0.300. The number of alkyl halides is 1. The van der Waals surface area contributed by atoms with E-state index in [2.05, 4.69) is 5.32 Å². The van der Waals surface area contributed by atoms with Gasteiger partial charge in [-0.05, 0) is 24.7 Å². The molecule has 0 heterocycles. The highest BCUT2D eigenvalue weighted by atomic mass is 35.5. The number of benzene rings is 1. The monoisotopic (exact) mass is 263 g/mol. The van der Waals surface area contributed by atoms with Crippen LogP contribution in [-0.4, -0.2) is 29.3 Å². The molecule has 88 valence electrons. The summed E-state index contributed by atoms with van der Waals surface area (Å²) in [6, 6.07) is 3.29. The first-order valence-corrected chi connectivity index (χ1v) is 5.31. The number of phenolic OH excluding ortho intramolecular Hbond substituents is 1. The third kappa shape index (κ3) is 2.78. The number of carboxylic acids is 1. The van der Waals surface area contributed by atoms with Gasteiger partial charge >= 0.3 is 5.97 Å². The Hall–Kier alpha value is -0.970. The van der Waals surface area contributed by atoms with Crippen LogP contribution in [0.5, 0.6) is 5.75 Å². The number of aliphatic carboxylic acids is 1. The number of nitrogens with one attached hydrogen (secondary N) is 1.